The molecule has 0 spiro atoms. The van der Waals surface area contributed by atoms with Crippen LogP contribution in [0.2, 0.25) is 0 Å². The number of ether oxygens (including phenoxy) is 1. The van der Waals surface area contributed by atoms with Gasteiger partial charge in [0, 0.05) is 13.1 Å². The minimum absolute atomic E-state index is 0.0110. The number of amides is 1. The molecule has 2 fully saturated rings. The zero-order valence-electron chi connectivity index (χ0n) is 10.6. The maximum atomic E-state index is 12.3. The van der Waals surface area contributed by atoms with Crippen molar-refractivity contribution in [2.24, 2.45) is 5.41 Å². The lowest BCUT2D eigenvalue weighted by Crippen LogP contribution is -2.50. The summed E-state index contributed by atoms with van der Waals surface area (Å²) in [4.78, 5) is 14.1. The standard InChI is InChI=1S/C13H20N2O3/c14-10-13(4-1-5-13)12(17)15-6-2-11(3-7-15)18-9-8-16/h11,16H,1-9H2. The van der Waals surface area contributed by atoms with Gasteiger partial charge in [-0.25, -0.2) is 0 Å². The van der Waals surface area contributed by atoms with Crippen LogP contribution in [0, 0.1) is 16.7 Å². The van der Waals surface area contributed by atoms with Gasteiger partial charge in [0.25, 0.3) is 0 Å². The highest BCUT2D eigenvalue weighted by Gasteiger charge is 2.47. The van der Waals surface area contributed by atoms with Gasteiger partial charge in [-0.1, -0.05) is 0 Å². The number of nitrogens with zero attached hydrogens (tertiary/aromatic N) is 2. The van der Waals surface area contributed by atoms with Crippen LogP contribution in [-0.4, -0.2) is 48.3 Å². The lowest BCUT2D eigenvalue weighted by Gasteiger charge is -2.40. The first-order chi connectivity index (χ1) is 8.72. The predicted molar refractivity (Wildman–Crippen MR) is 64.5 cm³/mol. The second-order valence-electron chi connectivity index (χ2n) is 5.13. The third kappa shape index (κ3) is 2.50. The largest absolute Gasteiger partial charge is 0.394 e. The summed E-state index contributed by atoms with van der Waals surface area (Å²) in [5, 5.41) is 17.8. The average Bonchev–Trinajstić information content (AvgIpc) is 2.36. The van der Waals surface area contributed by atoms with E-state index in [4.69, 9.17) is 15.1 Å². The highest BCUT2D eigenvalue weighted by atomic mass is 16.5. The van der Waals surface area contributed by atoms with Gasteiger partial charge in [0.05, 0.1) is 25.4 Å². The number of likely N-dealkylation sites (tertiary alicyclic amines) is 1. The number of piperidine rings is 1. The molecular formula is C13H20N2O3. The molecule has 0 aromatic carbocycles. The summed E-state index contributed by atoms with van der Waals surface area (Å²) in [7, 11) is 0. The van der Waals surface area contributed by atoms with Crippen molar-refractivity contribution in [2.45, 2.75) is 38.2 Å². The summed E-state index contributed by atoms with van der Waals surface area (Å²) in [5.74, 6) is 0.0110. The molecule has 0 aromatic rings. The summed E-state index contributed by atoms with van der Waals surface area (Å²) >= 11 is 0. The van der Waals surface area contributed by atoms with Crippen LogP contribution in [0.4, 0.5) is 0 Å². The van der Waals surface area contributed by atoms with Gasteiger partial charge in [0.1, 0.15) is 5.41 Å². The Labute approximate surface area is 107 Å². The van der Waals surface area contributed by atoms with Crippen molar-refractivity contribution >= 4 is 5.91 Å². The number of carbonyl (C=O) groups is 1. The van der Waals surface area contributed by atoms with Crippen LogP contribution in [0.5, 0.6) is 0 Å². The van der Waals surface area contributed by atoms with Crippen LogP contribution in [0.25, 0.3) is 0 Å². The third-order valence-electron chi connectivity index (χ3n) is 4.00. The van der Waals surface area contributed by atoms with Crippen LogP contribution in [0.1, 0.15) is 32.1 Å². The van der Waals surface area contributed by atoms with Crippen molar-refractivity contribution in [3.8, 4) is 6.07 Å². The summed E-state index contributed by atoms with van der Waals surface area (Å²) in [5.41, 5.74) is -0.723. The van der Waals surface area contributed by atoms with Gasteiger partial charge in [-0.15, -0.1) is 0 Å². The number of aliphatic hydroxyl groups excluding tert-OH is 1. The van der Waals surface area contributed by atoms with E-state index in [1.165, 1.54) is 0 Å². The molecule has 1 aliphatic heterocycles. The molecule has 1 aliphatic carbocycles. The van der Waals surface area contributed by atoms with E-state index in [-0.39, 0.29) is 18.6 Å². The zero-order chi connectivity index (χ0) is 13.0. The molecule has 1 amide bonds. The first-order valence-electron chi connectivity index (χ1n) is 6.65. The number of hydrogen-bond acceptors (Lipinski definition) is 4. The Bertz CT molecular complexity index is 339. The Morgan fingerprint density at radius 1 is 1.44 bits per heavy atom. The molecule has 0 bridgehead atoms. The zero-order valence-corrected chi connectivity index (χ0v) is 10.6. The van der Waals surface area contributed by atoms with E-state index in [0.717, 1.165) is 19.3 Å². The number of rotatable bonds is 4. The Hall–Kier alpha value is -1.12. The number of carbonyl (C=O) groups excluding carboxylic acids is 1. The van der Waals surface area contributed by atoms with Gasteiger partial charge in [0.15, 0.2) is 0 Å². The van der Waals surface area contributed by atoms with Crippen LogP contribution < -0.4 is 0 Å². The summed E-state index contributed by atoms with van der Waals surface area (Å²) in [6, 6.07) is 2.20. The summed E-state index contributed by atoms with van der Waals surface area (Å²) < 4.78 is 5.46. The summed E-state index contributed by atoms with van der Waals surface area (Å²) in [6.45, 7) is 1.73. The number of hydrogen-bond donors (Lipinski definition) is 1. The highest BCUT2D eigenvalue weighted by molar-refractivity contribution is 5.86. The average molecular weight is 252 g/mol. The number of nitriles is 1. The van der Waals surface area contributed by atoms with E-state index in [1.807, 2.05) is 0 Å². The van der Waals surface area contributed by atoms with Gasteiger partial charge in [-0.05, 0) is 32.1 Å². The van der Waals surface area contributed by atoms with Gasteiger partial charge in [-0.2, -0.15) is 5.26 Å². The van der Waals surface area contributed by atoms with Crippen LogP contribution >= 0.6 is 0 Å². The lowest BCUT2D eigenvalue weighted by molar-refractivity contribution is -0.145. The molecule has 0 radical (unpaired) electrons. The van der Waals surface area contributed by atoms with Crippen molar-refractivity contribution in [3.05, 3.63) is 0 Å². The van der Waals surface area contributed by atoms with E-state index < -0.39 is 5.41 Å². The smallest absolute Gasteiger partial charge is 0.243 e. The Morgan fingerprint density at radius 3 is 2.56 bits per heavy atom. The van der Waals surface area contributed by atoms with Gasteiger partial charge in [-0.3, -0.25) is 4.79 Å². The van der Waals surface area contributed by atoms with Gasteiger partial charge >= 0.3 is 0 Å². The van der Waals surface area contributed by atoms with E-state index in [9.17, 15) is 4.79 Å². The van der Waals surface area contributed by atoms with Crippen molar-refractivity contribution in [1.29, 1.82) is 5.26 Å². The van der Waals surface area contributed by atoms with Crippen LogP contribution in [-0.2, 0) is 9.53 Å². The topological polar surface area (TPSA) is 73.6 Å². The molecule has 18 heavy (non-hydrogen) atoms. The van der Waals surface area contributed by atoms with Crippen LogP contribution in [0.15, 0.2) is 0 Å². The lowest BCUT2D eigenvalue weighted by atomic mass is 9.69. The van der Waals surface area contributed by atoms with Crippen LogP contribution in [0.3, 0.4) is 0 Å². The van der Waals surface area contributed by atoms with E-state index >= 15 is 0 Å². The molecule has 1 N–H and O–H groups in total. The molecule has 100 valence electrons. The molecule has 1 saturated heterocycles. The fourth-order valence-corrected chi connectivity index (χ4v) is 2.65. The predicted octanol–water partition coefficient (Wildman–Crippen LogP) is 0.680. The normalized spacial score (nSPS) is 23.2. The van der Waals surface area contributed by atoms with Crippen molar-refractivity contribution < 1.29 is 14.6 Å². The molecule has 5 nitrogen and oxygen atoms in total. The molecule has 2 rings (SSSR count). The van der Waals surface area contributed by atoms with Gasteiger partial charge < -0.3 is 14.7 Å². The minimum atomic E-state index is -0.723. The van der Waals surface area contributed by atoms with E-state index in [2.05, 4.69) is 6.07 Å². The molecule has 1 saturated carbocycles. The molecule has 2 aliphatic rings. The fraction of sp³-hybridized carbons (Fsp3) is 0.846. The maximum Gasteiger partial charge on any atom is 0.243 e. The minimum Gasteiger partial charge on any atom is -0.394 e. The highest BCUT2D eigenvalue weighted by Crippen LogP contribution is 2.42. The summed E-state index contributed by atoms with van der Waals surface area (Å²) in [6.07, 6.45) is 4.14. The first-order valence-corrected chi connectivity index (χ1v) is 6.65. The molecular weight excluding hydrogens is 232 g/mol. The van der Waals surface area contributed by atoms with E-state index in [1.54, 1.807) is 4.90 Å². The van der Waals surface area contributed by atoms with Crippen molar-refractivity contribution in [3.63, 3.8) is 0 Å². The molecule has 0 unspecified atom stereocenters. The van der Waals surface area contributed by atoms with Gasteiger partial charge in [0.2, 0.25) is 5.91 Å². The molecule has 0 aromatic heterocycles. The quantitative estimate of drug-likeness (QED) is 0.798. The Morgan fingerprint density at radius 2 is 2.11 bits per heavy atom. The molecule has 1 heterocycles. The molecule has 5 heteroatoms. The van der Waals surface area contributed by atoms with Crippen molar-refractivity contribution in [2.75, 3.05) is 26.3 Å². The Balaban J connectivity index is 1.83. The third-order valence-corrected chi connectivity index (χ3v) is 4.00. The first kappa shape index (κ1) is 13.3. The molecule has 0 atom stereocenters. The second-order valence-corrected chi connectivity index (χ2v) is 5.13. The monoisotopic (exact) mass is 252 g/mol. The number of aliphatic hydroxyl groups is 1. The van der Waals surface area contributed by atoms with Crippen molar-refractivity contribution in [1.82, 2.24) is 4.90 Å². The second kappa shape index (κ2) is 5.68. The SMILES string of the molecule is N#CC1(C(=O)N2CCC(OCCO)CC2)CCC1. The van der Waals surface area contributed by atoms with E-state index in [0.29, 0.717) is 32.5 Å². The maximum absolute atomic E-state index is 12.3. The fourth-order valence-electron chi connectivity index (χ4n) is 2.65. The Kier molecular flexibility index (Phi) is 4.20.